The van der Waals surface area contributed by atoms with Crippen molar-refractivity contribution >= 4 is 17.6 Å². The van der Waals surface area contributed by atoms with Crippen LogP contribution in [0.25, 0.3) is 0 Å². The van der Waals surface area contributed by atoms with Crippen LogP contribution in [0.15, 0.2) is 18.2 Å². The molecular weight excluding hydrogens is 242 g/mol. The van der Waals surface area contributed by atoms with E-state index in [1.165, 1.54) is 0 Å². The van der Waals surface area contributed by atoms with Crippen molar-refractivity contribution in [2.75, 3.05) is 6.61 Å². The largest absolute Gasteiger partial charge is 0.461 e. The summed E-state index contributed by atoms with van der Waals surface area (Å²) in [6.07, 6.45) is -2.25. The number of carbonyl (C=O) groups is 1. The molecule has 1 aromatic carbocycles. The van der Waals surface area contributed by atoms with E-state index in [0.29, 0.717) is 0 Å². The Bertz CT molecular complexity index is 384. The van der Waals surface area contributed by atoms with Gasteiger partial charge >= 0.3 is 12.3 Å². The van der Waals surface area contributed by atoms with Crippen molar-refractivity contribution in [1.82, 2.24) is 0 Å². The Morgan fingerprint density at radius 2 is 2.25 bits per heavy atom. The number of benzene rings is 1. The third-order valence-corrected chi connectivity index (χ3v) is 1.89. The van der Waals surface area contributed by atoms with Gasteiger partial charge in [0.05, 0.1) is 11.6 Å². The molecule has 1 rings (SSSR count). The maximum Gasteiger partial charge on any atom is 0.381 e. The zero-order chi connectivity index (χ0) is 12.1. The topological polar surface area (TPSA) is 35.5 Å². The van der Waals surface area contributed by atoms with Gasteiger partial charge < -0.3 is 9.47 Å². The summed E-state index contributed by atoms with van der Waals surface area (Å²) in [5.41, 5.74) is 0. The first-order chi connectivity index (χ1) is 7.54. The summed E-state index contributed by atoms with van der Waals surface area (Å²) in [7, 11) is 0. The number of hydrogen-bond acceptors (Lipinski definition) is 3. The van der Waals surface area contributed by atoms with Gasteiger partial charge in [-0.15, -0.1) is 0 Å². The average Bonchev–Trinajstić information content (AvgIpc) is 2.24. The van der Waals surface area contributed by atoms with E-state index >= 15 is 0 Å². The standard InChI is InChI=1S/C10H9ClF2O3/c1-2-15-10(14)9(13)16-6-3-4-8(12)7(11)5-6/h3-5,9H,2H2,1H3. The lowest BCUT2D eigenvalue weighted by Crippen LogP contribution is -2.24. The minimum absolute atomic E-state index is 0.0484. The number of alkyl halides is 1. The van der Waals surface area contributed by atoms with Crippen LogP contribution < -0.4 is 4.74 Å². The Morgan fingerprint density at radius 1 is 1.56 bits per heavy atom. The third-order valence-electron chi connectivity index (χ3n) is 1.60. The fourth-order valence-corrected chi connectivity index (χ4v) is 1.10. The van der Waals surface area contributed by atoms with E-state index in [9.17, 15) is 13.6 Å². The second-order valence-electron chi connectivity index (χ2n) is 2.76. The normalized spacial score (nSPS) is 12.0. The molecule has 16 heavy (non-hydrogen) atoms. The molecule has 0 heterocycles. The quantitative estimate of drug-likeness (QED) is 0.771. The van der Waals surface area contributed by atoms with Crippen LogP contribution in [0.1, 0.15) is 6.92 Å². The van der Waals surface area contributed by atoms with E-state index in [4.69, 9.17) is 11.6 Å². The average molecular weight is 251 g/mol. The number of esters is 1. The van der Waals surface area contributed by atoms with Crippen LogP contribution in [-0.2, 0) is 9.53 Å². The predicted molar refractivity (Wildman–Crippen MR) is 53.6 cm³/mol. The maximum absolute atomic E-state index is 13.1. The van der Waals surface area contributed by atoms with E-state index in [1.54, 1.807) is 6.92 Å². The van der Waals surface area contributed by atoms with Crippen molar-refractivity contribution in [2.45, 2.75) is 13.3 Å². The molecule has 0 fully saturated rings. The molecule has 0 saturated heterocycles. The molecule has 1 atom stereocenters. The molecule has 0 aromatic heterocycles. The van der Waals surface area contributed by atoms with Crippen molar-refractivity contribution in [1.29, 1.82) is 0 Å². The van der Waals surface area contributed by atoms with E-state index in [-0.39, 0.29) is 17.4 Å². The van der Waals surface area contributed by atoms with Gasteiger partial charge in [0, 0.05) is 6.07 Å². The van der Waals surface area contributed by atoms with Gasteiger partial charge in [-0.3, -0.25) is 0 Å². The molecule has 1 unspecified atom stereocenters. The summed E-state index contributed by atoms with van der Waals surface area (Å²) in [5.74, 6) is -1.84. The molecule has 0 bridgehead atoms. The summed E-state index contributed by atoms with van der Waals surface area (Å²) < 4.78 is 34.8. The summed E-state index contributed by atoms with van der Waals surface area (Å²) in [6, 6.07) is 3.24. The van der Waals surface area contributed by atoms with Gasteiger partial charge in [-0.1, -0.05) is 11.6 Å². The van der Waals surface area contributed by atoms with Gasteiger partial charge in [0.1, 0.15) is 11.6 Å². The first-order valence-corrected chi connectivity index (χ1v) is 4.84. The predicted octanol–water partition coefficient (Wildman–Crippen LogP) is 2.72. The van der Waals surface area contributed by atoms with E-state index < -0.39 is 18.1 Å². The molecule has 1 aromatic rings. The minimum Gasteiger partial charge on any atom is -0.461 e. The van der Waals surface area contributed by atoms with Gasteiger partial charge in [-0.2, -0.15) is 4.39 Å². The van der Waals surface area contributed by atoms with Gasteiger partial charge in [0.2, 0.25) is 0 Å². The summed E-state index contributed by atoms with van der Waals surface area (Å²) in [6.45, 7) is 1.59. The lowest BCUT2D eigenvalue weighted by molar-refractivity contribution is -0.159. The Labute approximate surface area is 95.9 Å². The molecule has 0 saturated carbocycles. The maximum atomic E-state index is 13.1. The SMILES string of the molecule is CCOC(=O)C(F)Oc1ccc(F)c(Cl)c1. The Balaban J connectivity index is 2.66. The van der Waals surface area contributed by atoms with Gasteiger partial charge in [-0.05, 0) is 19.1 Å². The highest BCUT2D eigenvalue weighted by molar-refractivity contribution is 6.30. The van der Waals surface area contributed by atoms with Crippen LogP contribution in [0.5, 0.6) is 5.75 Å². The van der Waals surface area contributed by atoms with Crippen LogP contribution in [0.3, 0.4) is 0 Å². The van der Waals surface area contributed by atoms with Gasteiger partial charge in [0.15, 0.2) is 0 Å². The molecule has 3 nitrogen and oxygen atoms in total. The molecule has 0 radical (unpaired) electrons. The van der Waals surface area contributed by atoms with Crippen molar-refractivity contribution < 1.29 is 23.0 Å². The van der Waals surface area contributed by atoms with Crippen LogP contribution in [0.4, 0.5) is 8.78 Å². The first-order valence-electron chi connectivity index (χ1n) is 4.47. The van der Waals surface area contributed by atoms with Gasteiger partial charge in [0.25, 0.3) is 0 Å². The molecule has 0 aliphatic carbocycles. The van der Waals surface area contributed by atoms with Crippen molar-refractivity contribution in [3.05, 3.63) is 29.0 Å². The minimum atomic E-state index is -2.25. The Hall–Kier alpha value is -1.36. The van der Waals surface area contributed by atoms with E-state index in [0.717, 1.165) is 18.2 Å². The highest BCUT2D eigenvalue weighted by atomic mass is 35.5. The molecule has 0 amide bonds. The van der Waals surface area contributed by atoms with Crippen LogP contribution in [0, 0.1) is 5.82 Å². The fraction of sp³-hybridized carbons (Fsp3) is 0.300. The molecule has 0 spiro atoms. The molecule has 0 N–H and O–H groups in total. The third kappa shape index (κ3) is 3.34. The highest BCUT2D eigenvalue weighted by Gasteiger charge is 2.20. The van der Waals surface area contributed by atoms with Crippen LogP contribution in [0.2, 0.25) is 5.02 Å². The van der Waals surface area contributed by atoms with Crippen LogP contribution in [-0.4, -0.2) is 18.9 Å². The first kappa shape index (κ1) is 12.7. The summed E-state index contributed by atoms with van der Waals surface area (Å²) in [5, 5.41) is -0.214. The molecule has 0 aliphatic rings. The number of ether oxygens (including phenoxy) is 2. The highest BCUT2D eigenvalue weighted by Crippen LogP contribution is 2.22. The lowest BCUT2D eigenvalue weighted by atomic mass is 10.3. The van der Waals surface area contributed by atoms with E-state index in [1.807, 2.05) is 0 Å². The van der Waals surface area contributed by atoms with Crippen LogP contribution >= 0.6 is 11.6 Å². The second kappa shape index (κ2) is 5.65. The second-order valence-corrected chi connectivity index (χ2v) is 3.17. The molecular formula is C10H9ClF2O3. The van der Waals surface area contributed by atoms with Crippen molar-refractivity contribution in [3.63, 3.8) is 0 Å². The smallest absolute Gasteiger partial charge is 0.381 e. The zero-order valence-corrected chi connectivity index (χ0v) is 9.13. The number of hydrogen-bond donors (Lipinski definition) is 0. The number of halogens is 3. The lowest BCUT2D eigenvalue weighted by Gasteiger charge is -2.10. The van der Waals surface area contributed by atoms with Crippen molar-refractivity contribution in [3.8, 4) is 5.75 Å². The monoisotopic (exact) mass is 250 g/mol. The molecule has 6 heteroatoms. The zero-order valence-electron chi connectivity index (χ0n) is 8.38. The van der Waals surface area contributed by atoms with Gasteiger partial charge in [-0.25, -0.2) is 9.18 Å². The summed E-state index contributed by atoms with van der Waals surface area (Å²) in [4.78, 5) is 10.9. The Morgan fingerprint density at radius 3 is 2.81 bits per heavy atom. The Kier molecular flexibility index (Phi) is 4.49. The number of rotatable bonds is 4. The van der Waals surface area contributed by atoms with E-state index in [2.05, 4.69) is 9.47 Å². The summed E-state index contributed by atoms with van der Waals surface area (Å²) >= 11 is 5.44. The van der Waals surface area contributed by atoms with Crippen molar-refractivity contribution in [2.24, 2.45) is 0 Å². The molecule has 0 aliphatic heterocycles. The fourth-order valence-electron chi connectivity index (χ4n) is 0.926. The number of carbonyl (C=O) groups excluding carboxylic acids is 1. The molecule has 88 valence electrons.